The molecule has 25 heavy (non-hydrogen) atoms. The standard InChI is InChI=1S/C17H18N2O4S2/c1-2-23-17(21)15-11-6-5-7-12(11)25-16(15)18-13(20)10-24-14-8-3-4-9-19(14)22/h3-4,8-9H,2,5-7,10H2,1H3,(H,18,20). The van der Waals surface area contributed by atoms with Gasteiger partial charge in [0.05, 0.1) is 17.9 Å². The fourth-order valence-electron chi connectivity index (χ4n) is 2.74. The molecule has 0 bridgehead atoms. The SMILES string of the molecule is CCOC(=O)c1c(NC(=O)CSc2cccc[n+]2[O-])sc2c1CCC2. The molecule has 2 aromatic heterocycles. The van der Waals surface area contributed by atoms with Gasteiger partial charge in [-0.25, -0.2) is 4.79 Å². The number of nitrogens with one attached hydrogen (secondary N) is 1. The molecule has 1 N–H and O–H groups in total. The van der Waals surface area contributed by atoms with Crippen molar-refractivity contribution in [2.45, 2.75) is 31.2 Å². The van der Waals surface area contributed by atoms with Gasteiger partial charge in [-0.05, 0) is 49.6 Å². The second-order valence-electron chi connectivity index (χ2n) is 5.48. The Balaban J connectivity index is 1.71. The Kier molecular flexibility index (Phi) is 5.60. The van der Waals surface area contributed by atoms with E-state index in [-0.39, 0.29) is 17.6 Å². The predicted octanol–water partition coefficient (Wildman–Crippen LogP) is 2.78. The molecule has 3 rings (SSSR count). The Morgan fingerprint density at radius 3 is 3.00 bits per heavy atom. The van der Waals surface area contributed by atoms with Gasteiger partial charge in [-0.15, -0.1) is 11.3 Å². The van der Waals surface area contributed by atoms with Gasteiger partial charge in [-0.2, -0.15) is 4.73 Å². The number of hydrogen-bond acceptors (Lipinski definition) is 6. The number of carbonyl (C=O) groups excluding carboxylic acids is 2. The first kappa shape index (κ1) is 17.8. The quantitative estimate of drug-likeness (QED) is 0.362. The zero-order chi connectivity index (χ0) is 17.8. The van der Waals surface area contributed by atoms with Crippen LogP contribution in [0.3, 0.4) is 0 Å². The molecule has 2 aromatic rings. The number of fused-ring (bicyclic) bond motifs is 1. The number of rotatable bonds is 6. The third kappa shape index (κ3) is 3.96. The van der Waals surface area contributed by atoms with E-state index in [1.165, 1.54) is 17.5 Å². The molecule has 0 radical (unpaired) electrons. The van der Waals surface area contributed by atoms with Crippen molar-refractivity contribution in [3.05, 3.63) is 45.6 Å². The largest absolute Gasteiger partial charge is 0.618 e. The number of anilines is 1. The number of ether oxygens (including phenoxy) is 1. The minimum atomic E-state index is -0.384. The summed E-state index contributed by atoms with van der Waals surface area (Å²) < 4.78 is 5.87. The summed E-state index contributed by atoms with van der Waals surface area (Å²) in [5.74, 6) is -0.540. The van der Waals surface area contributed by atoms with Crippen LogP contribution in [0.2, 0.25) is 0 Å². The first-order valence-corrected chi connectivity index (χ1v) is 9.83. The maximum absolute atomic E-state index is 12.3. The maximum Gasteiger partial charge on any atom is 0.341 e. The van der Waals surface area contributed by atoms with E-state index in [1.54, 1.807) is 25.1 Å². The van der Waals surface area contributed by atoms with Crippen LogP contribution in [0.25, 0.3) is 0 Å². The number of nitrogens with zero attached hydrogens (tertiary/aromatic N) is 1. The average Bonchev–Trinajstić information content (AvgIpc) is 3.14. The second kappa shape index (κ2) is 7.88. The van der Waals surface area contributed by atoms with Crippen LogP contribution < -0.4 is 10.0 Å². The summed E-state index contributed by atoms with van der Waals surface area (Å²) in [6, 6.07) is 5.04. The number of esters is 1. The molecule has 0 atom stereocenters. The van der Waals surface area contributed by atoms with Gasteiger partial charge in [0.15, 0.2) is 6.20 Å². The summed E-state index contributed by atoms with van der Waals surface area (Å²) >= 11 is 2.60. The smallest absolute Gasteiger partial charge is 0.341 e. The summed E-state index contributed by atoms with van der Waals surface area (Å²) in [5.41, 5.74) is 1.50. The van der Waals surface area contributed by atoms with Gasteiger partial charge in [0.25, 0.3) is 5.03 Å². The molecule has 0 fully saturated rings. The lowest BCUT2D eigenvalue weighted by molar-refractivity contribution is -0.645. The molecular weight excluding hydrogens is 360 g/mol. The highest BCUT2D eigenvalue weighted by Gasteiger charge is 2.28. The molecule has 0 unspecified atom stereocenters. The normalized spacial score (nSPS) is 12.7. The third-order valence-corrected chi connectivity index (χ3v) is 6.02. The van der Waals surface area contributed by atoms with Crippen LogP contribution >= 0.6 is 23.1 Å². The lowest BCUT2D eigenvalue weighted by Crippen LogP contribution is -2.28. The number of aryl methyl sites for hydroxylation is 1. The van der Waals surface area contributed by atoms with Gasteiger partial charge in [0, 0.05) is 17.0 Å². The molecule has 6 nitrogen and oxygen atoms in total. The Bertz CT molecular complexity index is 804. The van der Waals surface area contributed by atoms with E-state index in [1.807, 2.05) is 0 Å². The van der Waals surface area contributed by atoms with E-state index in [0.717, 1.165) is 46.2 Å². The molecule has 0 saturated heterocycles. The number of amides is 1. The lowest BCUT2D eigenvalue weighted by atomic mass is 10.1. The number of thioether (sulfide) groups is 1. The lowest BCUT2D eigenvalue weighted by Gasteiger charge is -2.08. The second-order valence-corrected chi connectivity index (χ2v) is 7.58. The van der Waals surface area contributed by atoms with Crippen molar-refractivity contribution in [3.63, 3.8) is 0 Å². The zero-order valence-electron chi connectivity index (χ0n) is 13.7. The van der Waals surface area contributed by atoms with Crippen LogP contribution in [0.5, 0.6) is 0 Å². The minimum absolute atomic E-state index is 0.0943. The van der Waals surface area contributed by atoms with Gasteiger partial charge >= 0.3 is 5.97 Å². The van der Waals surface area contributed by atoms with Gasteiger partial charge < -0.3 is 15.3 Å². The molecule has 0 spiro atoms. The van der Waals surface area contributed by atoms with Crippen LogP contribution in [-0.4, -0.2) is 24.2 Å². The van der Waals surface area contributed by atoms with Crippen LogP contribution in [0.1, 0.15) is 34.1 Å². The number of hydrogen-bond donors (Lipinski definition) is 1. The fraction of sp³-hybridized carbons (Fsp3) is 0.353. The summed E-state index contributed by atoms with van der Waals surface area (Å²) in [6.45, 7) is 2.06. The Labute approximate surface area is 153 Å². The number of aromatic nitrogens is 1. The molecule has 1 aliphatic carbocycles. The van der Waals surface area contributed by atoms with Gasteiger partial charge in [-0.3, -0.25) is 4.79 Å². The van der Waals surface area contributed by atoms with Crippen LogP contribution in [0.4, 0.5) is 5.00 Å². The monoisotopic (exact) mass is 378 g/mol. The molecular formula is C17H18N2O4S2. The van der Waals surface area contributed by atoms with Gasteiger partial charge in [-0.1, -0.05) is 0 Å². The highest BCUT2D eigenvalue weighted by molar-refractivity contribution is 7.99. The van der Waals surface area contributed by atoms with Gasteiger partial charge in [0.1, 0.15) is 5.00 Å². The van der Waals surface area contributed by atoms with Crippen molar-refractivity contribution in [1.82, 2.24) is 0 Å². The Morgan fingerprint density at radius 2 is 2.24 bits per heavy atom. The number of thiophene rings is 1. The Morgan fingerprint density at radius 1 is 1.40 bits per heavy atom. The molecule has 1 aliphatic rings. The summed E-state index contributed by atoms with van der Waals surface area (Å²) in [5, 5.41) is 15.4. The van der Waals surface area contributed by atoms with E-state index in [2.05, 4.69) is 5.32 Å². The molecule has 1 amide bonds. The fourth-order valence-corrected chi connectivity index (χ4v) is 4.75. The minimum Gasteiger partial charge on any atom is -0.618 e. The molecule has 8 heteroatoms. The van der Waals surface area contributed by atoms with Gasteiger partial charge in [0.2, 0.25) is 5.91 Å². The third-order valence-electron chi connectivity index (χ3n) is 3.79. The van der Waals surface area contributed by atoms with Crippen LogP contribution in [-0.2, 0) is 22.4 Å². The highest BCUT2D eigenvalue weighted by atomic mass is 32.2. The Hall–Kier alpha value is -2.06. The molecule has 0 aliphatic heterocycles. The highest BCUT2D eigenvalue weighted by Crippen LogP contribution is 2.39. The predicted molar refractivity (Wildman–Crippen MR) is 97.1 cm³/mol. The van der Waals surface area contributed by atoms with E-state index in [9.17, 15) is 14.8 Å². The summed E-state index contributed by atoms with van der Waals surface area (Å²) in [4.78, 5) is 25.7. The van der Waals surface area contributed by atoms with E-state index in [4.69, 9.17) is 4.74 Å². The average molecular weight is 378 g/mol. The topological polar surface area (TPSA) is 82.3 Å². The van der Waals surface area contributed by atoms with Crippen molar-refractivity contribution in [1.29, 1.82) is 0 Å². The first-order chi connectivity index (χ1) is 12.1. The zero-order valence-corrected chi connectivity index (χ0v) is 15.4. The number of carbonyl (C=O) groups is 2. The van der Waals surface area contributed by atoms with E-state index in [0.29, 0.717) is 22.2 Å². The van der Waals surface area contributed by atoms with Crippen molar-refractivity contribution >= 4 is 40.0 Å². The molecule has 0 aromatic carbocycles. The number of pyridine rings is 1. The van der Waals surface area contributed by atoms with Crippen molar-refractivity contribution in [2.75, 3.05) is 17.7 Å². The molecule has 2 heterocycles. The van der Waals surface area contributed by atoms with Crippen molar-refractivity contribution in [2.24, 2.45) is 0 Å². The molecule has 132 valence electrons. The van der Waals surface area contributed by atoms with Crippen LogP contribution in [0.15, 0.2) is 29.4 Å². The van der Waals surface area contributed by atoms with E-state index < -0.39 is 0 Å². The van der Waals surface area contributed by atoms with E-state index >= 15 is 0 Å². The summed E-state index contributed by atoms with van der Waals surface area (Å²) in [6.07, 6.45) is 4.18. The van der Waals surface area contributed by atoms with Crippen LogP contribution in [0, 0.1) is 5.21 Å². The first-order valence-electron chi connectivity index (χ1n) is 8.02. The maximum atomic E-state index is 12.3. The van der Waals surface area contributed by atoms with Crippen molar-refractivity contribution < 1.29 is 19.1 Å². The molecule has 0 saturated carbocycles. The van der Waals surface area contributed by atoms with Crippen molar-refractivity contribution in [3.8, 4) is 0 Å². The summed E-state index contributed by atoms with van der Waals surface area (Å²) in [7, 11) is 0.